The third-order valence-electron chi connectivity index (χ3n) is 2.31. The van der Waals surface area contributed by atoms with Crippen molar-refractivity contribution in [3.63, 3.8) is 0 Å². The predicted molar refractivity (Wildman–Crippen MR) is 58.4 cm³/mol. The summed E-state index contributed by atoms with van der Waals surface area (Å²) in [5, 5.41) is 8.62. The van der Waals surface area contributed by atoms with Gasteiger partial charge in [-0.15, -0.1) is 0 Å². The van der Waals surface area contributed by atoms with E-state index in [2.05, 4.69) is 0 Å². The van der Waals surface area contributed by atoms with E-state index in [0.717, 1.165) is 0 Å². The van der Waals surface area contributed by atoms with Gasteiger partial charge in [-0.25, -0.2) is 0 Å². The number of nitriles is 1. The molecule has 1 aromatic rings. The molecule has 0 atom stereocenters. The molecular weight excluding hydrogens is 188 g/mol. The zero-order chi connectivity index (χ0) is 11.3. The Morgan fingerprint density at radius 1 is 1.27 bits per heavy atom. The van der Waals surface area contributed by atoms with E-state index >= 15 is 0 Å². The molecule has 0 aliphatic rings. The molecule has 0 saturated heterocycles. The molecule has 0 N–H and O–H groups in total. The van der Waals surface area contributed by atoms with E-state index in [1.807, 2.05) is 19.9 Å². The van der Waals surface area contributed by atoms with Gasteiger partial charge < -0.3 is 4.90 Å². The highest BCUT2D eigenvalue weighted by Crippen LogP contribution is 2.06. The highest BCUT2D eigenvalue weighted by molar-refractivity contribution is 5.94. The summed E-state index contributed by atoms with van der Waals surface area (Å²) in [5.41, 5.74) is 1.21. The molecule has 0 aromatic heterocycles. The van der Waals surface area contributed by atoms with Gasteiger partial charge in [-0.2, -0.15) is 5.26 Å². The number of hydrogen-bond donors (Lipinski definition) is 0. The van der Waals surface area contributed by atoms with Crippen molar-refractivity contribution in [1.82, 2.24) is 4.90 Å². The molecule has 0 heterocycles. The Morgan fingerprint density at radius 2 is 1.80 bits per heavy atom. The zero-order valence-electron chi connectivity index (χ0n) is 9.03. The van der Waals surface area contributed by atoms with Crippen LogP contribution < -0.4 is 0 Å². The van der Waals surface area contributed by atoms with Crippen LogP contribution >= 0.6 is 0 Å². The molecule has 0 spiro atoms. The second-order valence-electron chi connectivity index (χ2n) is 3.17. The van der Waals surface area contributed by atoms with E-state index in [0.29, 0.717) is 24.2 Å². The maximum Gasteiger partial charge on any atom is 0.253 e. The second kappa shape index (κ2) is 5.16. The smallest absolute Gasteiger partial charge is 0.253 e. The van der Waals surface area contributed by atoms with Crippen molar-refractivity contribution in [3.05, 3.63) is 35.4 Å². The lowest BCUT2D eigenvalue weighted by Gasteiger charge is -2.18. The topological polar surface area (TPSA) is 44.1 Å². The van der Waals surface area contributed by atoms with Gasteiger partial charge in [0.15, 0.2) is 0 Å². The first-order valence-electron chi connectivity index (χ1n) is 5.02. The number of benzene rings is 1. The summed E-state index contributed by atoms with van der Waals surface area (Å²) < 4.78 is 0. The number of amides is 1. The van der Waals surface area contributed by atoms with Crippen molar-refractivity contribution in [2.45, 2.75) is 13.8 Å². The number of carbonyl (C=O) groups excluding carboxylic acids is 1. The molecule has 0 saturated carbocycles. The van der Waals surface area contributed by atoms with Gasteiger partial charge >= 0.3 is 0 Å². The molecule has 3 heteroatoms. The van der Waals surface area contributed by atoms with Gasteiger partial charge in [0, 0.05) is 18.7 Å². The Kier molecular flexibility index (Phi) is 3.87. The summed E-state index contributed by atoms with van der Waals surface area (Å²) >= 11 is 0. The predicted octanol–water partition coefficient (Wildman–Crippen LogP) is 2.04. The maximum atomic E-state index is 11.8. The fraction of sp³-hybridized carbons (Fsp3) is 0.333. The lowest BCUT2D eigenvalue weighted by atomic mass is 10.1. The Morgan fingerprint density at radius 3 is 2.20 bits per heavy atom. The molecule has 0 aliphatic heterocycles. The summed E-state index contributed by atoms with van der Waals surface area (Å²) in [6, 6.07) is 8.74. The minimum atomic E-state index is 0.0180. The highest BCUT2D eigenvalue weighted by Gasteiger charge is 2.11. The molecule has 15 heavy (non-hydrogen) atoms. The third kappa shape index (κ3) is 2.57. The van der Waals surface area contributed by atoms with Crippen LogP contribution in [0.25, 0.3) is 0 Å². The van der Waals surface area contributed by atoms with Crippen molar-refractivity contribution in [3.8, 4) is 6.07 Å². The average molecular weight is 202 g/mol. The van der Waals surface area contributed by atoms with Crippen LogP contribution in [0, 0.1) is 11.3 Å². The average Bonchev–Trinajstić information content (AvgIpc) is 2.30. The van der Waals surface area contributed by atoms with Gasteiger partial charge in [0.2, 0.25) is 0 Å². The molecule has 1 amide bonds. The van der Waals surface area contributed by atoms with Crippen LogP contribution in [-0.4, -0.2) is 23.9 Å². The maximum absolute atomic E-state index is 11.8. The van der Waals surface area contributed by atoms with Crippen molar-refractivity contribution < 1.29 is 4.79 Å². The minimum Gasteiger partial charge on any atom is -0.339 e. The van der Waals surface area contributed by atoms with E-state index in [4.69, 9.17) is 5.26 Å². The van der Waals surface area contributed by atoms with Crippen LogP contribution in [0.2, 0.25) is 0 Å². The number of carbonyl (C=O) groups is 1. The van der Waals surface area contributed by atoms with Crippen molar-refractivity contribution in [1.29, 1.82) is 5.26 Å². The van der Waals surface area contributed by atoms with Crippen molar-refractivity contribution in [2.75, 3.05) is 13.1 Å². The fourth-order valence-electron chi connectivity index (χ4n) is 1.38. The summed E-state index contributed by atoms with van der Waals surface area (Å²) in [6.45, 7) is 5.31. The molecule has 0 unspecified atom stereocenters. The second-order valence-corrected chi connectivity index (χ2v) is 3.17. The van der Waals surface area contributed by atoms with Crippen LogP contribution in [0.1, 0.15) is 29.8 Å². The molecule has 3 nitrogen and oxygen atoms in total. The van der Waals surface area contributed by atoms with E-state index in [1.165, 1.54) is 0 Å². The number of nitrogens with zero attached hydrogens (tertiary/aromatic N) is 2. The van der Waals surface area contributed by atoms with E-state index in [9.17, 15) is 4.79 Å². The van der Waals surface area contributed by atoms with Crippen LogP contribution in [0.15, 0.2) is 24.3 Å². The summed E-state index contributed by atoms with van der Waals surface area (Å²) in [7, 11) is 0. The number of rotatable bonds is 3. The highest BCUT2D eigenvalue weighted by atomic mass is 16.2. The minimum absolute atomic E-state index is 0.0180. The Bertz CT molecular complexity index is 372. The molecule has 0 aliphatic carbocycles. The van der Waals surface area contributed by atoms with Gasteiger partial charge in [-0.3, -0.25) is 4.79 Å². The first-order valence-corrected chi connectivity index (χ1v) is 5.02. The Labute approximate surface area is 89.9 Å². The number of hydrogen-bond acceptors (Lipinski definition) is 2. The fourth-order valence-corrected chi connectivity index (χ4v) is 1.38. The molecule has 0 radical (unpaired) electrons. The van der Waals surface area contributed by atoms with Gasteiger partial charge in [0.25, 0.3) is 5.91 Å². The molecular formula is C12H14N2O. The first-order chi connectivity index (χ1) is 7.22. The van der Waals surface area contributed by atoms with Crippen LogP contribution in [-0.2, 0) is 0 Å². The van der Waals surface area contributed by atoms with Crippen LogP contribution in [0.5, 0.6) is 0 Å². The van der Waals surface area contributed by atoms with E-state index in [1.54, 1.807) is 29.2 Å². The van der Waals surface area contributed by atoms with Crippen molar-refractivity contribution in [2.24, 2.45) is 0 Å². The zero-order valence-corrected chi connectivity index (χ0v) is 9.03. The molecule has 1 aromatic carbocycles. The molecule has 0 bridgehead atoms. The SMILES string of the molecule is CCN(CC)C(=O)c1ccc(C#N)cc1. The first kappa shape index (κ1) is 11.3. The van der Waals surface area contributed by atoms with Gasteiger partial charge in [0.05, 0.1) is 11.6 Å². The lowest BCUT2D eigenvalue weighted by molar-refractivity contribution is 0.0773. The summed E-state index contributed by atoms with van der Waals surface area (Å²) in [6.07, 6.45) is 0. The largest absolute Gasteiger partial charge is 0.339 e. The monoisotopic (exact) mass is 202 g/mol. The van der Waals surface area contributed by atoms with Crippen LogP contribution in [0.4, 0.5) is 0 Å². The molecule has 1 rings (SSSR count). The Hall–Kier alpha value is -1.82. The van der Waals surface area contributed by atoms with E-state index in [-0.39, 0.29) is 5.91 Å². The summed E-state index contributed by atoms with van der Waals surface area (Å²) in [4.78, 5) is 13.6. The van der Waals surface area contributed by atoms with Gasteiger partial charge in [-0.1, -0.05) is 0 Å². The summed E-state index contributed by atoms with van der Waals surface area (Å²) in [5.74, 6) is 0.0180. The standard InChI is InChI=1S/C12H14N2O/c1-3-14(4-2)12(15)11-7-5-10(9-13)6-8-11/h5-8H,3-4H2,1-2H3. The van der Waals surface area contributed by atoms with Gasteiger partial charge in [0.1, 0.15) is 0 Å². The molecule has 78 valence electrons. The van der Waals surface area contributed by atoms with E-state index < -0.39 is 0 Å². The van der Waals surface area contributed by atoms with Gasteiger partial charge in [-0.05, 0) is 38.1 Å². The quantitative estimate of drug-likeness (QED) is 0.752. The third-order valence-corrected chi connectivity index (χ3v) is 2.31. The Balaban J connectivity index is 2.88. The molecule has 0 fully saturated rings. The lowest BCUT2D eigenvalue weighted by Crippen LogP contribution is -2.30. The van der Waals surface area contributed by atoms with Crippen molar-refractivity contribution >= 4 is 5.91 Å². The normalized spacial score (nSPS) is 9.40. The van der Waals surface area contributed by atoms with Crippen LogP contribution in [0.3, 0.4) is 0 Å².